The Kier molecular flexibility index (Phi) is 9.88. The minimum absolute atomic E-state index is 0.856. The fourth-order valence-corrected chi connectivity index (χ4v) is 2.52. The molecule has 0 amide bonds. The van der Waals surface area contributed by atoms with E-state index in [-0.39, 0.29) is 0 Å². The molecule has 0 aliphatic rings. The summed E-state index contributed by atoms with van der Waals surface area (Å²) >= 11 is 3.47. The van der Waals surface area contributed by atoms with Gasteiger partial charge < -0.3 is 4.74 Å². The molecule has 1 nitrogen and oxygen atoms in total. The molecule has 0 N–H and O–H groups in total. The molecule has 0 aliphatic carbocycles. The fraction of sp³-hybridized carbons (Fsp3) is 0.647. The lowest BCUT2D eigenvalue weighted by atomic mass is 10.1. The largest absolute Gasteiger partial charge is 0.494 e. The minimum atomic E-state index is 0.856. The van der Waals surface area contributed by atoms with Crippen LogP contribution in [0.3, 0.4) is 0 Å². The summed E-state index contributed by atoms with van der Waals surface area (Å²) < 4.78 is 5.79. The number of hydrogen-bond acceptors (Lipinski definition) is 1. The average molecular weight is 327 g/mol. The van der Waals surface area contributed by atoms with Crippen LogP contribution in [0.2, 0.25) is 0 Å². The van der Waals surface area contributed by atoms with Gasteiger partial charge in [0.1, 0.15) is 5.75 Å². The number of benzene rings is 1. The molecule has 0 aromatic heterocycles. The number of ether oxygens (including phenoxy) is 1. The molecule has 0 bridgehead atoms. The number of aryl methyl sites for hydroxylation is 1. The van der Waals surface area contributed by atoms with Crippen molar-refractivity contribution < 1.29 is 4.74 Å². The summed E-state index contributed by atoms with van der Waals surface area (Å²) in [6.07, 6.45) is 10.3. The number of halogens is 1. The molecule has 0 atom stereocenters. The molecule has 1 rings (SSSR count). The van der Waals surface area contributed by atoms with Gasteiger partial charge in [-0.15, -0.1) is 0 Å². The second kappa shape index (κ2) is 11.3. The summed E-state index contributed by atoms with van der Waals surface area (Å²) in [5.41, 5.74) is 1.35. The maximum absolute atomic E-state index is 5.79. The molecule has 2 heteroatoms. The Labute approximate surface area is 126 Å². The number of alkyl halides is 1. The third-order valence-electron chi connectivity index (χ3n) is 3.35. The van der Waals surface area contributed by atoms with Crippen LogP contribution in [-0.2, 0) is 6.42 Å². The predicted octanol–water partition coefficient (Wildman–Crippen LogP) is 5.75. The summed E-state index contributed by atoms with van der Waals surface area (Å²) in [7, 11) is 0. The highest BCUT2D eigenvalue weighted by Crippen LogP contribution is 2.14. The molecule has 19 heavy (non-hydrogen) atoms. The molecule has 0 aliphatic heterocycles. The van der Waals surface area contributed by atoms with Gasteiger partial charge in [-0.05, 0) is 37.0 Å². The lowest BCUT2D eigenvalue weighted by Crippen LogP contribution is -1.97. The van der Waals surface area contributed by atoms with Gasteiger partial charge in [0.2, 0.25) is 0 Å². The van der Waals surface area contributed by atoms with Crippen LogP contribution < -0.4 is 4.74 Å². The Morgan fingerprint density at radius 2 is 1.63 bits per heavy atom. The average Bonchev–Trinajstić information content (AvgIpc) is 2.46. The van der Waals surface area contributed by atoms with Crippen LogP contribution in [0.4, 0.5) is 0 Å². The van der Waals surface area contributed by atoms with Gasteiger partial charge in [0.15, 0.2) is 0 Å². The summed E-state index contributed by atoms with van der Waals surface area (Å²) in [5, 5.41) is 1.15. The molecule has 108 valence electrons. The second-order valence-corrected chi connectivity index (χ2v) is 5.81. The van der Waals surface area contributed by atoms with Gasteiger partial charge in [-0.2, -0.15) is 0 Å². The molecule has 1 aromatic carbocycles. The summed E-state index contributed by atoms with van der Waals surface area (Å²) in [6.45, 7) is 3.03. The zero-order valence-corrected chi connectivity index (χ0v) is 13.8. The highest BCUT2D eigenvalue weighted by atomic mass is 79.9. The molecule has 0 spiro atoms. The number of unbranched alkanes of at least 4 members (excludes halogenated alkanes) is 6. The van der Waals surface area contributed by atoms with E-state index >= 15 is 0 Å². The summed E-state index contributed by atoms with van der Waals surface area (Å²) in [5.74, 6) is 1.02. The van der Waals surface area contributed by atoms with Crippen LogP contribution in [0, 0.1) is 0 Å². The van der Waals surface area contributed by atoms with Gasteiger partial charge in [0, 0.05) is 5.33 Å². The van der Waals surface area contributed by atoms with Crippen LogP contribution >= 0.6 is 15.9 Å². The van der Waals surface area contributed by atoms with E-state index in [1.807, 2.05) is 0 Å². The van der Waals surface area contributed by atoms with E-state index < -0.39 is 0 Å². The summed E-state index contributed by atoms with van der Waals surface area (Å²) in [4.78, 5) is 0. The van der Waals surface area contributed by atoms with E-state index in [0.29, 0.717) is 0 Å². The molecule has 0 heterocycles. The van der Waals surface area contributed by atoms with Gasteiger partial charge in [-0.25, -0.2) is 0 Å². The lowest BCUT2D eigenvalue weighted by Gasteiger charge is -2.07. The zero-order valence-electron chi connectivity index (χ0n) is 12.2. The monoisotopic (exact) mass is 326 g/mol. The van der Waals surface area contributed by atoms with Crippen molar-refractivity contribution in [2.45, 2.75) is 58.3 Å². The standard InChI is InChI=1S/C17H27BrO/c1-2-16-11-10-12-17(15-16)19-14-9-7-5-3-4-6-8-13-18/h10-12,15H,2-9,13-14H2,1H3. The first kappa shape index (κ1) is 16.6. The Bertz CT molecular complexity index is 325. The highest BCUT2D eigenvalue weighted by Gasteiger charge is 1.96. The lowest BCUT2D eigenvalue weighted by molar-refractivity contribution is 0.304. The first-order chi connectivity index (χ1) is 9.36. The van der Waals surface area contributed by atoms with Crippen LogP contribution in [0.25, 0.3) is 0 Å². The van der Waals surface area contributed by atoms with E-state index in [4.69, 9.17) is 4.74 Å². The molecule has 1 aromatic rings. The zero-order chi connectivity index (χ0) is 13.8. The number of hydrogen-bond donors (Lipinski definition) is 0. The van der Waals surface area contributed by atoms with Crippen LogP contribution in [0.5, 0.6) is 5.75 Å². The maximum atomic E-state index is 5.79. The van der Waals surface area contributed by atoms with Gasteiger partial charge in [-0.1, -0.05) is 67.1 Å². The fourth-order valence-electron chi connectivity index (χ4n) is 2.13. The predicted molar refractivity (Wildman–Crippen MR) is 87.4 cm³/mol. The van der Waals surface area contributed by atoms with E-state index in [9.17, 15) is 0 Å². The minimum Gasteiger partial charge on any atom is -0.494 e. The highest BCUT2D eigenvalue weighted by molar-refractivity contribution is 9.09. The van der Waals surface area contributed by atoms with Crippen molar-refractivity contribution in [2.75, 3.05) is 11.9 Å². The first-order valence-corrected chi connectivity index (χ1v) is 8.76. The van der Waals surface area contributed by atoms with Crippen molar-refractivity contribution in [3.63, 3.8) is 0 Å². The van der Waals surface area contributed by atoms with Gasteiger partial charge in [0.25, 0.3) is 0 Å². The first-order valence-electron chi connectivity index (χ1n) is 7.64. The van der Waals surface area contributed by atoms with Crippen LogP contribution in [0.1, 0.15) is 57.4 Å². The maximum Gasteiger partial charge on any atom is 0.119 e. The Morgan fingerprint density at radius 3 is 2.32 bits per heavy atom. The molecule has 0 radical (unpaired) electrons. The Morgan fingerprint density at radius 1 is 0.947 bits per heavy atom. The van der Waals surface area contributed by atoms with E-state index in [1.165, 1.54) is 50.5 Å². The van der Waals surface area contributed by atoms with Gasteiger partial charge in [0.05, 0.1) is 6.61 Å². The molecule has 0 unspecified atom stereocenters. The quantitative estimate of drug-likeness (QED) is 0.371. The second-order valence-electron chi connectivity index (χ2n) is 5.01. The molecular formula is C17H27BrO. The third-order valence-corrected chi connectivity index (χ3v) is 3.91. The number of rotatable bonds is 11. The van der Waals surface area contributed by atoms with Crippen LogP contribution in [-0.4, -0.2) is 11.9 Å². The molecule has 0 saturated carbocycles. The molecule has 0 fully saturated rings. The van der Waals surface area contributed by atoms with E-state index in [0.717, 1.165) is 24.1 Å². The van der Waals surface area contributed by atoms with Crippen LogP contribution in [0.15, 0.2) is 24.3 Å². The normalized spacial score (nSPS) is 10.6. The van der Waals surface area contributed by atoms with E-state index in [2.05, 4.69) is 47.1 Å². The third kappa shape index (κ3) is 8.30. The molecular weight excluding hydrogens is 300 g/mol. The van der Waals surface area contributed by atoms with Crippen molar-refractivity contribution in [1.29, 1.82) is 0 Å². The van der Waals surface area contributed by atoms with Crippen molar-refractivity contribution in [1.82, 2.24) is 0 Å². The Hall–Kier alpha value is -0.500. The van der Waals surface area contributed by atoms with Crippen molar-refractivity contribution in [3.05, 3.63) is 29.8 Å². The smallest absolute Gasteiger partial charge is 0.119 e. The van der Waals surface area contributed by atoms with Crippen molar-refractivity contribution >= 4 is 15.9 Å². The van der Waals surface area contributed by atoms with E-state index in [1.54, 1.807) is 0 Å². The Balaban J connectivity index is 1.98. The van der Waals surface area contributed by atoms with Crippen molar-refractivity contribution in [2.24, 2.45) is 0 Å². The molecule has 0 saturated heterocycles. The topological polar surface area (TPSA) is 9.23 Å². The van der Waals surface area contributed by atoms with Gasteiger partial charge in [-0.3, -0.25) is 0 Å². The SMILES string of the molecule is CCc1cccc(OCCCCCCCCCBr)c1. The summed E-state index contributed by atoms with van der Waals surface area (Å²) in [6, 6.07) is 8.44. The van der Waals surface area contributed by atoms with Crippen molar-refractivity contribution in [3.8, 4) is 5.75 Å². The van der Waals surface area contributed by atoms with Gasteiger partial charge >= 0.3 is 0 Å².